The van der Waals surface area contributed by atoms with E-state index in [9.17, 15) is 10.2 Å². The summed E-state index contributed by atoms with van der Waals surface area (Å²) in [4.78, 5) is 6.45. The molecule has 114 valence electrons. The van der Waals surface area contributed by atoms with Gasteiger partial charge in [-0.3, -0.25) is 4.90 Å². The van der Waals surface area contributed by atoms with E-state index >= 15 is 0 Å². The van der Waals surface area contributed by atoms with E-state index in [1.54, 1.807) is 0 Å². The van der Waals surface area contributed by atoms with Crippen LogP contribution < -0.4 is 0 Å². The van der Waals surface area contributed by atoms with Gasteiger partial charge in [0.25, 0.3) is 0 Å². The molecule has 0 radical (unpaired) electrons. The molecule has 1 saturated carbocycles. The summed E-state index contributed by atoms with van der Waals surface area (Å²) in [5.41, 5.74) is -0.511. The molecule has 6 nitrogen and oxygen atoms in total. The van der Waals surface area contributed by atoms with Crippen LogP contribution in [0.2, 0.25) is 0 Å². The Bertz CT molecular complexity index is 412. The Hall–Kier alpha value is -0.980. The van der Waals surface area contributed by atoms with E-state index in [-0.39, 0.29) is 13.2 Å². The maximum Gasteiger partial charge on any atom is 0.240 e. The maximum atomic E-state index is 9.31. The predicted octanol–water partition coefficient (Wildman–Crippen LogP) is 1.15. The van der Waals surface area contributed by atoms with Gasteiger partial charge in [-0.05, 0) is 19.9 Å². The highest BCUT2D eigenvalue weighted by Crippen LogP contribution is 2.32. The molecule has 1 fully saturated rings. The molecule has 2 rings (SSSR count). The number of nitrogens with zero attached hydrogens (tertiary/aromatic N) is 3. The highest BCUT2D eigenvalue weighted by Gasteiger charge is 2.26. The Balaban J connectivity index is 1.89. The van der Waals surface area contributed by atoms with Crippen molar-refractivity contribution < 1.29 is 14.7 Å². The van der Waals surface area contributed by atoms with E-state index in [2.05, 4.69) is 10.1 Å². The Morgan fingerprint density at radius 3 is 2.55 bits per heavy atom. The summed E-state index contributed by atoms with van der Waals surface area (Å²) in [6, 6.07) is 0. The Kier molecular flexibility index (Phi) is 5.12. The number of aromatic nitrogens is 2. The van der Waals surface area contributed by atoms with Crippen molar-refractivity contribution in [1.29, 1.82) is 0 Å². The van der Waals surface area contributed by atoms with Crippen LogP contribution in [-0.4, -0.2) is 52.1 Å². The fourth-order valence-corrected chi connectivity index (χ4v) is 2.77. The van der Waals surface area contributed by atoms with Crippen LogP contribution in [0, 0.1) is 5.41 Å². The first kappa shape index (κ1) is 15.4. The molecular formula is C14H25N3O3. The van der Waals surface area contributed by atoms with E-state index in [0.29, 0.717) is 24.9 Å². The van der Waals surface area contributed by atoms with Crippen LogP contribution in [0.3, 0.4) is 0 Å². The highest BCUT2D eigenvalue weighted by molar-refractivity contribution is 4.97. The standard InChI is InChI=1S/C14H25N3O3/c1-14(9-18,10-19)8-17(2)7-12-15-13(16-20-12)11-5-3-4-6-11/h11,18-19H,3-10H2,1-2H3. The molecule has 1 heterocycles. The van der Waals surface area contributed by atoms with Crippen molar-refractivity contribution in [2.24, 2.45) is 5.41 Å². The topological polar surface area (TPSA) is 82.6 Å². The van der Waals surface area contributed by atoms with Gasteiger partial charge in [0, 0.05) is 17.9 Å². The van der Waals surface area contributed by atoms with Gasteiger partial charge in [-0.25, -0.2) is 0 Å². The first-order chi connectivity index (χ1) is 9.56. The van der Waals surface area contributed by atoms with Crippen molar-refractivity contribution in [3.8, 4) is 0 Å². The number of hydrogen-bond acceptors (Lipinski definition) is 6. The monoisotopic (exact) mass is 283 g/mol. The molecule has 6 heteroatoms. The third-order valence-corrected chi connectivity index (χ3v) is 4.02. The van der Waals surface area contributed by atoms with Crippen LogP contribution in [0.4, 0.5) is 0 Å². The summed E-state index contributed by atoms with van der Waals surface area (Å²) in [5.74, 6) is 1.89. The Labute approximate surface area is 119 Å². The smallest absolute Gasteiger partial charge is 0.240 e. The number of rotatable bonds is 7. The van der Waals surface area contributed by atoms with Crippen molar-refractivity contribution >= 4 is 0 Å². The fourth-order valence-electron chi connectivity index (χ4n) is 2.77. The number of hydrogen-bond donors (Lipinski definition) is 2. The lowest BCUT2D eigenvalue weighted by Gasteiger charge is -2.29. The van der Waals surface area contributed by atoms with Crippen molar-refractivity contribution in [1.82, 2.24) is 15.0 Å². The summed E-state index contributed by atoms with van der Waals surface area (Å²) in [6.07, 6.45) is 4.81. The zero-order chi connectivity index (χ0) is 14.6. The minimum Gasteiger partial charge on any atom is -0.396 e. The van der Waals surface area contributed by atoms with Gasteiger partial charge in [0.15, 0.2) is 5.82 Å². The third-order valence-electron chi connectivity index (χ3n) is 4.02. The minimum atomic E-state index is -0.511. The lowest BCUT2D eigenvalue weighted by atomic mass is 9.92. The molecule has 1 aliphatic rings. The van der Waals surface area contributed by atoms with Crippen LogP contribution in [0.1, 0.15) is 50.2 Å². The molecule has 0 aromatic carbocycles. The second-order valence-corrected chi connectivity index (χ2v) is 6.33. The minimum absolute atomic E-state index is 0.0506. The number of aliphatic hydroxyl groups is 2. The average Bonchev–Trinajstić information content (AvgIpc) is 3.08. The van der Waals surface area contributed by atoms with Crippen molar-refractivity contribution in [2.75, 3.05) is 26.8 Å². The van der Waals surface area contributed by atoms with E-state index in [1.165, 1.54) is 12.8 Å². The van der Waals surface area contributed by atoms with Crippen LogP contribution >= 0.6 is 0 Å². The fraction of sp³-hybridized carbons (Fsp3) is 0.857. The van der Waals surface area contributed by atoms with Gasteiger partial charge in [-0.15, -0.1) is 0 Å². The SMILES string of the molecule is CN(Cc1nc(C2CCCC2)no1)CC(C)(CO)CO. The lowest BCUT2D eigenvalue weighted by molar-refractivity contribution is 0.0378. The molecule has 0 aliphatic heterocycles. The summed E-state index contributed by atoms with van der Waals surface area (Å²) in [5, 5.41) is 22.7. The molecule has 0 saturated heterocycles. The summed E-state index contributed by atoms with van der Waals surface area (Å²) in [7, 11) is 1.92. The predicted molar refractivity (Wildman–Crippen MR) is 74.1 cm³/mol. The zero-order valence-electron chi connectivity index (χ0n) is 12.4. The summed E-state index contributed by atoms with van der Waals surface area (Å²) < 4.78 is 5.30. The van der Waals surface area contributed by atoms with Crippen LogP contribution in [0.15, 0.2) is 4.52 Å². The van der Waals surface area contributed by atoms with Gasteiger partial charge in [0.2, 0.25) is 5.89 Å². The quantitative estimate of drug-likeness (QED) is 0.781. The van der Waals surface area contributed by atoms with Gasteiger partial charge in [-0.2, -0.15) is 4.98 Å². The second kappa shape index (κ2) is 6.65. The van der Waals surface area contributed by atoms with Crippen molar-refractivity contribution in [3.05, 3.63) is 11.7 Å². The third kappa shape index (κ3) is 3.77. The Morgan fingerprint density at radius 2 is 1.95 bits per heavy atom. The molecule has 2 N–H and O–H groups in total. The van der Waals surface area contributed by atoms with Crippen LogP contribution in [0.5, 0.6) is 0 Å². The molecule has 1 aromatic rings. The molecule has 1 aromatic heterocycles. The molecular weight excluding hydrogens is 258 g/mol. The lowest BCUT2D eigenvalue weighted by Crippen LogP contribution is -2.38. The highest BCUT2D eigenvalue weighted by atomic mass is 16.5. The average molecular weight is 283 g/mol. The molecule has 20 heavy (non-hydrogen) atoms. The van der Waals surface area contributed by atoms with Gasteiger partial charge in [0.05, 0.1) is 19.8 Å². The molecule has 0 amide bonds. The van der Waals surface area contributed by atoms with Gasteiger partial charge in [0.1, 0.15) is 0 Å². The van der Waals surface area contributed by atoms with E-state index in [0.717, 1.165) is 18.7 Å². The van der Waals surface area contributed by atoms with Crippen molar-refractivity contribution in [3.63, 3.8) is 0 Å². The van der Waals surface area contributed by atoms with Crippen LogP contribution in [-0.2, 0) is 6.54 Å². The Morgan fingerprint density at radius 1 is 1.30 bits per heavy atom. The van der Waals surface area contributed by atoms with E-state index < -0.39 is 5.41 Å². The van der Waals surface area contributed by atoms with Gasteiger partial charge >= 0.3 is 0 Å². The van der Waals surface area contributed by atoms with Gasteiger partial charge in [-0.1, -0.05) is 24.9 Å². The molecule has 0 atom stereocenters. The second-order valence-electron chi connectivity index (χ2n) is 6.33. The molecule has 0 bridgehead atoms. The normalized spacial score (nSPS) is 17.2. The first-order valence-corrected chi connectivity index (χ1v) is 7.29. The zero-order valence-corrected chi connectivity index (χ0v) is 12.4. The van der Waals surface area contributed by atoms with Gasteiger partial charge < -0.3 is 14.7 Å². The number of aliphatic hydroxyl groups excluding tert-OH is 2. The molecule has 0 spiro atoms. The largest absolute Gasteiger partial charge is 0.396 e. The maximum absolute atomic E-state index is 9.31. The van der Waals surface area contributed by atoms with E-state index in [1.807, 2.05) is 18.9 Å². The van der Waals surface area contributed by atoms with E-state index in [4.69, 9.17) is 4.52 Å². The first-order valence-electron chi connectivity index (χ1n) is 7.29. The summed E-state index contributed by atoms with van der Waals surface area (Å²) >= 11 is 0. The van der Waals surface area contributed by atoms with Crippen LogP contribution in [0.25, 0.3) is 0 Å². The van der Waals surface area contributed by atoms with Crippen molar-refractivity contribution in [2.45, 2.75) is 45.1 Å². The summed E-state index contributed by atoms with van der Waals surface area (Å²) in [6.45, 7) is 2.85. The molecule has 0 unspecified atom stereocenters. The molecule has 1 aliphatic carbocycles.